The van der Waals surface area contributed by atoms with Crippen LogP contribution in [-0.2, 0) is 14.4 Å². The van der Waals surface area contributed by atoms with Gasteiger partial charge in [0.2, 0.25) is 11.8 Å². The van der Waals surface area contributed by atoms with Crippen LogP contribution in [0.2, 0.25) is 0 Å². The lowest BCUT2D eigenvalue weighted by Gasteiger charge is -2.07. The van der Waals surface area contributed by atoms with Crippen LogP contribution in [-0.4, -0.2) is 23.4 Å². The summed E-state index contributed by atoms with van der Waals surface area (Å²) in [6, 6.07) is 0. The average molecular weight is 159 g/mol. The highest BCUT2D eigenvalue weighted by Crippen LogP contribution is 2.00. The van der Waals surface area contributed by atoms with Gasteiger partial charge in [-0.05, 0) is 6.42 Å². The first-order valence-electron chi connectivity index (χ1n) is 3.11. The Balaban J connectivity index is 0.000000292. The second-order valence-electron chi connectivity index (χ2n) is 1.93. The molecule has 0 aromatic carbocycles. The van der Waals surface area contributed by atoms with E-state index in [9.17, 15) is 9.59 Å². The number of hydrogen-bond acceptors (Lipinski definition) is 3. The molecule has 0 spiro atoms. The van der Waals surface area contributed by atoms with E-state index in [4.69, 9.17) is 9.90 Å². The third-order valence-corrected chi connectivity index (χ3v) is 1.09. The molecule has 2 amide bonds. The van der Waals surface area contributed by atoms with Gasteiger partial charge in [-0.25, -0.2) is 0 Å². The van der Waals surface area contributed by atoms with Gasteiger partial charge in [0.15, 0.2) is 0 Å². The summed E-state index contributed by atoms with van der Waals surface area (Å²) in [7, 11) is 0. The molecule has 1 heterocycles. The molecular weight excluding hydrogens is 150 g/mol. The van der Waals surface area contributed by atoms with Gasteiger partial charge < -0.3 is 5.11 Å². The van der Waals surface area contributed by atoms with Crippen molar-refractivity contribution in [2.75, 3.05) is 0 Å². The lowest BCUT2D eigenvalue weighted by molar-refractivity contribution is -0.133. The van der Waals surface area contributed by atoms with Gasteiger partial charge in [0.25, 0.3) is 6.47 Å². The van der Waals surface area contributed by atoms with Crippen LogP contribution < -0.4 is 5.32 Å². The van der Waals surface area contributed by atoms with Crippen LogP contribution in [0.5, 0.6) is 0 Å². The Labute approximate surface area is 63.4 Å². The van der Waals surface area contributed by atoms with E-state index in [1.54, 1.807) is 0 Å². The van der Waals surface area contributed by atoms with E-state index >= 15 is 0 Å². The monoisotopic (exact) mass is 159 g/mol. The zero-order valence-electron chi connectivity index (χ0n) is 5.87. The van der Waals surface area contributed by atoms with Gasteiger partial charge >= 0.3 is 0 Å². The summed E-state index contributed by atoms with van der Waals surface area (Å²) in [5, 5.41) is 9.09. The topological polar surface area (TPSA) is 83.5 Å². The van der Waals surface area contributed by atoms with Crippen molar-refractivity contribution in [2.24, 2.45) is 0 Å². The molecule has 1 fully saturated rings. The van der Waals surface area contributed by atoms with Gasteiger partial charge in [-0.1, -0.05) is 0 Å². The highest BCUT2D eigenvalue weighted by molar-refractivity contribution is 5.97. The summed E-state index contributed by atoms with van der Waals surface area (Å²) in [6.45, 7) is -0.250. The summed E-state index contributed by atoms with van der Waals surface area (Å²) in [6.07, 6.45) is 1.72. The van der Waals surface area contributed by atoms with E-state index in [1.807, 2.05) is 0 Å². The minimum atomic E-state index is -0.250. The maximum absolute atomic E-state index is 10.3. The normalized spacial score (nSPS) is 16.0. The van der Waals surface area contributed by atoms with Gasteiger partial charge in [0.1, 0.15) is 0 Å². The summed E-state index contributed by atoms with van der Waals surface area (Å²) in [4.78, 5) is 29.0. The Bertz CT molecular complexity index is 152. The van der Waals surface area contributed by atoms with Crippen molar-refractivity contribution < 1.29 is 19.5 Å². The Morgan fingerprint density at radius 1 is 1.27 bits per heavy atom. The molecule has 0 unspecified atom stereocenters. The lowest BCUT2D eigenvalue weighted by Crippen LogP contribution is -2.33. The van der Waals surface area contributed by atoms with Gasteiger partial charge in [0.05, 0.1) is 0 Å². The highest BCUT2D eigenvalue weighted by Gasteiger charge is 2.12. The Morgan fingerprint density at radius 2 is 1.64 bits per heavy atom. The SMILES string of the molecule is O=C1CCCC(=O)N1.O=CO. The molecule has 0 aromatic heterocycles. The van der Waals surface area contributed by atoms with Crippen LogP contribution in [0.15, 0.2) is 0 Å². The van der Waals surface area contributed by atoms with Crippen molar-refractivity contribution in [3.05, 3.63) is 0 Å². The summed E-state index contributed by atoms with van der Waals surface area (Å²) in [5.74, 6) is -0.275. The number of nitrogens with one attached hydrogen (secondary N) is 1. The van der Waals surface area contributed by atoms with Crippen LogP contribution in [0.25, 0.3) is 0 Å². The van der Waals surface area contributed by atoms with E-state index in [0.29, 0.717) is 19.3 Å². The molecule has 0 radical (unpaired) electrons. The number of carbonyl (C=O) groups excluding carboxylic acids is 2. The first-order chi connectivity index (χ1) is 5.20. The van der Waals surface area contributed by atoms with Crippen molar-refractivity contribution in [1.29, 1.82) is 0 Å². The lowest BCUT2D eigenvalue weighted by atomic mass is 10.1. The van der Waals surface area contributed by atoms with Crippen LogP contribution in [0.3, 0.4) is 0 Å². The minimum Gasteiger partial charge on any atom is -0.483 e. The molecule has 62 valence electrons. The molecular formula is C6H9NO4. The van der Waals surface area contributed by atoms with Gasteiger partial charge in [-0.3, -0.25) is 19.7 Å². The molecule has 2 N–H and O–H groups in total. The molecule has 0 aliphatic carbocycles. The summed E-state index contributed by atoms with van der Waals surface area (Å²) in [5.41, 5.74) is 0. The Hall–Kier alpha value is -1.39. The van der Waals surface area contributed by atoms with Gasteiger partial charge in [-0.2, -0.15) is 0 Å². The number of hydrogen-bond donors (Lipinski definition) is 2. The van der Waals surface area contributed by atoms with E-state index in [0.717, 1.165) is 0 Å². The molecule has 0 saturated carbocycles. The summed E-state index contributed by atoms with van der Waals surface area (Å²) >= 11 is 0. The molecule has 11 heavy (non-hydrogen) atoms. The molecule has 0 bridgehead atoms. The zero-order chi connectivity index (χ0) is 8.69. The number of rotatable bonds is 0. The molecule has 0 aromatic rings. The predicted molar refractivity (Wildman–Crippen MR) is 35.7 cm³/mol. The molecule has 5 heteroatoms. The van der Waals surface area contributed by atoms with Crippen LogP contribution in [0.4, 0.5) is 0 Å². The molecule has 5 nitrogen and oxygen atoms in total. The van der Waals surface area contributed by atoms with Crippen LogP contribution in [0.1, 0.15) is 19.3 Å². The predicted octanol–water partition coefficient (Wildman–Crippen LogP) is -0.486. The zero-order valence-corrected chi connectivity index (χ0v) is 5.87. The van der Waals surface area contributed by atoms with Crippen molar-refractivity contribution in [3.8, 4) is 0 Å². The molecule has 1 saturated heterocycles. The third-order valence-electron chi connectivity index (χ3n) is 1.09. The van der Waals surface area contributed by atoms with Crippen molar-refractivity contribution in [2.45, 2.75) is 19.3 Å². The molecule has 1 aliphatic heterocycles. The molecule has 1 rings (SSSR count). The third kappa shape index (κ3) is 5.07. The quantitative estimate of drug-likeness (QED) is 0.369. The minimum absolute atomic E-state index is 0.138. The molecule has 0 atom stereocenters. The fraction of sp³-hybridized carbons (Fsp3) is 0.500. The van der Waals surface area contributed by atoms with E-state index in [2.05, 4.69) is 5.32 Å². The average Bonchev–Trinajstić information content (AvgIpc) is 1.88. The fourth-order valence-corrected chi connectivity index (χ4v) is 0.690. The van der Waals surface area contributed by atoms with Crippen molar-refractivity contribution in [1.82, 2.24) is 5.32 Å². The number of carbonyl (C=O) groups is 3. The first-order valence-corrected chi connectivity index (χ1v) is 3.11. The Kier molecular flexibility index (Phi) is 4.72. The van der Waals surface area contributed by atoms with E-state index < -0.39 is 0 Å². The number of imide groups is 1. The smallest absolute Gasteiger partial charge is 0.290 e. The maximum atomic E-state index is 10.3. The van der Waals surface area contributed by atoms with E-state index in [1.165, 1.54) is 0 Å². The number of amides is 2. The standard InChI is InChI=1S/C5H7NO2.CH2O2/c7-4-2-1-3-5(8)6-4;2-1-3/h1-3H2,(H,6,7,8);1H,(H,2,3). The maximum Gasteiger partial charge on any atom is 0.290 e. The van der Waals surface area contributed by atoms with Gasteiger partial charge in [0, 0.05) is 12.8 Å². The van der Waals surface area contributed by atoms with Crippen LogP contribution in [0, 0.1) is 0 Å². The Morgan fingerprint density at radius 3 is 1.82 bits per heavy atom. The van der Waals surface area contributed by atoms with Gasteiger partial charge in [-0.15, -0.1) is 0 Å². The largest absolute Gasteiger partial charge is 0.483 e. The van der Waals surface area contributed by atoms with E-state index in [-0.39, 0.29) is 18.3 Å². The first kappa shape index (κ1) is 9.61. The molecule has 1 aliphatic rings. The van der Waals surface area contributed by atoms with Crippen molar-refractivity contribution in [3.63, 3.8) is 0 Å². The van der Waals surface area contributed by atoms with Crippen molar-refractivity contribution >= 4 is 18.3 Å². The second kappa shape index (κ2) is 5.40. The highest BCUT2D eigenvalue weighted by atomic mass is 16.3. The van der Waals surface area contributed by atoms with Crippen LogP contribution >= 0.6 is 0 Å². The fourth-order valence-electron chi connectivity index (χ4n) is 0.690. The second-order valence-corrected chi connectivity index (χ2v) is 1.93. The summed E-state index contributed by atoms with van der Waals surface area (Å²) < 4.78 is 0. The number of carboxylic acid groups (broad SMARTS) is 1. The number of piperidine rings is 1.